The first kappa shape index (κ1) is 18.2. The summed E-state index contributed by atoms with van der Waals surface area (Å²) in [5.74, 6) is -1.42. The van der Waals surface area contributed by atoms with E-state index in [4.69, 9.17) is 5.11 Å². The number of carbonyl (C=O) groups excluding carboxylic acids is 1. The molecule has 22 heavy (non-hydrogen) atoms. The molecule has 0 saturated carbocycles. The highest BCUT2D eigenvalue weighted by Crippen LogP contribution is 2.14. The van der Waals surface area contributed by atoms with Crippen LogP contribution in [0.3, 0.4) is 0 Å². The molecule has 6 nitrogen and oxygen atoms in total. The second kappa shape index (κ2) is 6.91. The third-order valence-corrected chi connectivity index (χ3v) is 5.69. The highest BCUT2D eigenvalue weighted by Gasteiger charge is 2.28. The predicted molar refractivity (Wildman–Crippen MR) is 83.6 cm³/mol. The predicted octanol–water partition coefficient (Wildman–Crippen LogP) is 1.21. The number of sulfone groups is 1. The quantitative estimate of drug-likeness (QED) is 0.848. The molecule has 0 spiro atoms. The fourth-order valence-electron chi connectivity index (χ4n) is 2.07. The molecule has 122 valence electrons. The van der Waals surface area contributed by atoms with Crippen molar-refractivity contribution in [3.63, 3.8) is 0 Å². The number of benzene rings is 1. The molecule has 0 aliphatic heterocycles. The smallest absolute Gasteiger partial charge is 0.335 e. The van der Waals surface area contributed by atoms with Gasteiger partial charge in [0.05, 0.1) is 17.2 Å². The first-order valence-electron chi connectivity index (χ1n) is 6.81. The zero-order valence-corrected chi connectivity index (χ0v) is 13.9. The average molecular weight is 327 g/mol. The van der Waals surface area contributed by atoms with Gasteiger partial charge in [0.2, 0.25) is 5.91 Å². The number of aromatic carboxylic acids is 1. The maximum Gasteiger partial charge on any atom is 0.335 e. The standard InChI is InChI=1S/C15H21NO5S/c1-10(11(2)22(4,20)21)16(3)14(17)9-12-7-5-6-8-13(12)15(18)19/h5-8,10-11H,9H2,1-4H3,(H,18,19). The molecule has 7 heteroatoms. The van der Waals surface area contributed by atoms with Crippen molar-refractivity contribution in [3.8, 4) is 0 Å². The summed E-state index contributed by atoms with van der Waals surface area (Å²) in [5.41, 5.74) is 0.485. The average Bonchev–Trinajstić information content (AvgIpc) is 2.44. The van der Waals surface area contributed by atoms with Crippen molar-refractivity contribution < 1.29 is 23.1 Å². The largest absolute Gasteiger partial charge is 0.478 e. The lowest BCUT2D eigenvalue weighted by atomic mass is 10.0. The van der Waals surface area contributed by atoms with Crippen LogP contribution < -0.4 is 0 Å². The Morgan fingerprint density at radius 2 is 1.77 bits per heavy atom. The lowest BCUT2D eigenvalue weighted by Crippen LogP contribution is -2.45. The van der Waals surface area contributed by atoms with Crippen molar-refractivity contribution in [3.05, 3.63) is 35.4 Å². The molecule has 2 unspecified atom stereocenters. The van der Waals surface area contributed by atoms with Crippen LogP contribution in [-0.2, 0) is 21.1 Å². The molecular weight excluding hydrogens is 306 g/mol. The lowest BCUT2D eigenvalue weighted by Gasteiger charge is -2.29. The highest BCUT2D eigenvalue weighted by molar-refractivity contribution is 7.91. The number of hydrogen-bond donors (Lipinski definition) is 1. The van der Waals surface area contributed by atoms with Crippen molar-refractivity contribution >= 4 is 21.7 Å². The Kier molecular flexibility index (Phi) is 5.71. The first-order chi connectivity index (χ1) is 10.1. The van der Waals surface area contributed by atoms with Crippen LogP contribution in [0.4, 0.5) is 0 Å². The summed E-state index contributed by atoms with van der Waals surface area (Å²) >= 11 is 0. The topological polar surface area (TPSA) is 91.8 Å². The van der Waals surface area contributed by atoms with E-state index in [0.717, 1.165) is 6.26 Å². The molecule has 1 aromatic carbocycles. The van der Waals surface area contributed by atoms with Crippen LogP contribution in [0.15, 0.2) is 24.3 Å². The van der Waals surface area contributed by atoms with Gasteiger partial charge in [-0.2, -0.15) is 0 Å². The summed E-state index contributed by atoms with van der Waals surface area (Å²) < 4.78 is 23.2. The van der Waals surface area contributed by atoms with E-state index < -0.39 is 27.1 Å². The number of hydrogen-bond acceptors (Lipinski definition) is 4. The number of nitrogens with zero attached hydrogens (tertiary/aromatic N) is 1. The van der Waals surface area contributed by atoms with Crippen molar-refractivity contribution in [1.29, 1.82) is 0 Å². The molecule has 0 heterocycles. The van der Waals surface area contributed by atoms with E-state index in [2.05, 4.69) is 0 Å². The number of carboxylic acids is 1. The van der Waals surface area contributed by atoms with E-state index in [1.54, 1.807) is 32.0 Å². The maximum atomic E-state index is 12.3. The van der Waals surface area contributed by atoms with Crippen LogP contribution >= 0.6 is 0 Å². The molecule has 0 fully saturated rings. The molecule has 0 bridgehead atoms. The van der Waals surface area contributed by atoms with E-state index in [9.17, 15) is 18.0 Å². The van der Waals surface area contributed by atoms with Gasteiger partial charge < -0.3 is 10.0 Å². The molecule has 0 saturated heterocycles. The molecule has 1 N–H and O–H groups in total. The molecule has 1 rings (SSSR count). The van der Waals surface area contributed by atoms with Gasteiger partial charge in [-0.25, -0.2) is 13.2 Å². The van der Waals surface area contributed by atoms with Gasteiger partial charge in [0.1, 0.15) is 0 Å². The van der Waals surface area contributed by atoms with Crippen molar-refractivity contribution in [1.82, 2.24) is 4.90 Å². The maximum absolute atomic E-state index is 12.3. The van der Waals surface area contributed by atoms with Gasteiger partial charge in [-0.15, -0.1) is 0 Å². The van der Waals surface area contributed by atoms with Gasteiger partial charge in [-0.05, 0) is 25.5 Å². The lowest BCUT2D eigenvalue weighted by molar-refractivity contribution is -0.130. The summed E-state index contributed by atoms with van der Waals surface area (Å²) in [5, 5.41) is 8.42. The summed E-state index contributed by atoms with van der Waals surface area (Å²) in [4.78, 5) is 24.8. The van der Waals surface area contributed by atoms with Crippen LogP contribution in [-0.4, -0.2) is 54.9 Å². The Labute approximate surface area is 130 Å². The minimum absolute atomic E-state index is 0.0769. The number of carbonyl (C=O) groups is 2. The fraction of sp³-hybridized carbons (Fsp3) is 0.467. The number of likely N-dealkylation sites (N-methyl/N-ethyl adjacent to an activating group) is 1. The third kappa shape index (κ3) is 4.30. The van der Waals surface area contributed by atoms with Crippen LogP contribution in [0.5, 0.6) is 0 Å². The molecule has 1 aromatic rings. The molecule has 0 aliphatic carbocycles. The normalized spacial score (nSPS) is 14.2. The first-order valence-corrected chi connectivity index (χ1v) is 8.77. The Bertz CT molecular complexity index is 668. The SMILES string of the molecule is CC(C(C)S(C)(=O)=O)N(C)C(=O)Cc1ccccc1C(=O)O. The summed E-state index contributed by atoms with van der Waals surface area (Å²) in [6.07, 6.45) is 1.05. The number of carboxylic acid groups (broad SMARTS) is 1. The van der Waals surface area contributed by atoms with Crippen LogP contribution in [0.1, 0.15) is 29.8 Å². The van der Waals surface area contributed by atoms with Gasteiger partial charge in [-0.3, -0.25) is 4.79 Å². The van der Waals surface area contributed by atoms with Crippen LogP contribution in [0.25, 0.3) is 0 Å². The Morgan fingerprint density at radius 3 is 2.27 bits per heavy atom. The van der Waals surface area contributed by atoms with E-state index in [0.29, 0.717) is 5.56 Å². The zero-order chi connectivity index (χ0) is 17.1. The summed E-state index contributed by atoms with van der Waals surface area (Å²) in [7, 11) is -1.74. The second-order valence-electron chi connectivity index (χ2n) is 5.42. The number of rotatable bonds is 6. The molecule has 0 aromatic heterocycles. The third-order valence-electron chi connectivity index (χ3n) is 3.95. The van der Waals surface area contributed by atoms with Crippen molar-refractivity contribution in [2.75, 3.05) is 13.3 Å². The number of amides is 1. The second-order valence-corrected chi connectivity index (χ2v) is 7.82. The van der Waals surface area contributed by atoms with Gasteiger partial charge in [0, 0.05) is 19.3 Å². The Hall–Kier alpha value is -1.89. The summed E-state index contributed by atoms with van der Waals surface area (Å²) in [6, 6.07) is 5.78. The molecule has 1 amide bonds. The molecule has 0 radical (unpaired) electrons. The monoisotopic (exact) mass is 327 g/mol. The Balaban J connectivity index is 2.92. The van der Waals surface area contributed by atoms with E-state index in [1.165, 1.54) is 18.0 Å². The van der Waals surface area contributed by atoms with Gasteiger partial charge in [0.25, 0.3) is 0 Å². The zero-order valence-electron chi connectivity index (χ0n) is 13.1. The van der Waals surface area contributed by atoms with Gasteiger partial charge in [0.15, 0.2) is 9.84 Å². The van der Waals surface area contributed by atoms with E-state index >= 15 is 0 Å². The Morgan fingerprint density at radius 1 is 1.23 bits per heavy atom. The van der Waals surface area contributed by atoms with Crippen LogP contribution in [0.2, 0.25) is 0 Å². The summed E-state index contributed by atoms with van der Waals surface area (Å²) in [6.45, 7) is 3.21. The minimum Gasteiger partial charge on any atom is -0.478 e. The fourth-order valence-corrected chi connectivity index (χ4v) is 2.97. The van der Waals surface area contributed by atoms with Crippen molar-refractivity contribution in [2.45, 2.75) is 31.6 Å². The van der Waals surface area contributed by atoms with Gasteiger partial charge in [-0.1, -0.05) is 18.2 Å². The minimum atomic E-state index is -3.26. The van der Waals surface area contributed by atoms with Crippen molar-refractivity contribution in [2.24, 2.45) is 0 Å². The van der Waals surface area contributed by atoms with E-state index in [1.807, 2.05) is 0 Å². The molecule has 0 aliphatic rings. The van der Waals surface area contributed by atoms with Crippen LogP contribution in [0, 0.1) is 0 Å². The van der Waals surface area contributed by atoms with Gasteiger partial charge >= 0.3 is 5.97 Å². The molecule has 2 atom stereocenters. The van der Waals surface area contributed by atoms with E-state index in [-0.39, 0.29) is 17.9 Å². The highest BCUT2D eigenvalue weighted by atomic mass is 32.2. The molecular formula is C15H21NO5S.